The van der Waals surface area contributed by atoms with E-state index in [0.717, 1.165) is 6.42 Å². The number of halogens is 3. The summed E-state index contributed by atoms with van der Waals surface area (Å²) >= 11 is 0. The number of hydrogen-bond acceptors (Lipinski definition) is 3. The van der Waals surface area contributed by atoms with Crippen molar-refractivity contribution in [3.8, 4) is 0 Å². The number of carboxylic acid groups (broad SMARTS) is 1. The summed E-state index contributed by atoms with van der Waals surface area (Å²) in [4.78, 5) is 26.6. The Bertz CT molecular complexity index is 543. The third kappa shape index (κ3) is 5.57. The first-order chi connectivity index (χ1) is 10.7. The maximum absolute atomic E-state index is 13.2. The lowest BCUT2D eigenvalue weighted by Crippen LogP contribution is -2.42. The second-order valence-corrected chi connectivity index (χ2v) is 5.30. The van der Waals surface area contributed by atoms with Gasteiger partial charge in [-0.1, -0.05) is 19.8 Å². The smallest absolute Gasteiger partial charge is 0.399 e. The van der Waals surface area contributed by atoms with E-state index < -0.39 is 36.4 Å². The van der Waals surface area contributed by atoms with Gasteiger partial charge in [-0.25, -0.2) is 9.78 Å². The Morgan fingerprint density at radius 2 is 2.09 bits per heavy atom. The van der Waals surface area contributed by atoms with Gasteiger partial charge in [0, 0.05) is 25.9 Å². The van der Waals surface area contributed by atoms with Gasteiger partial charge in [0.15, 0.2) is 0 Å². The van der Waals surface area contributed by atoms with Crippen LogP contribution in [-0.2, 0) is 16.6 Å². The molecule has 0 saturated heterocycles. The Labute approximate surface area is 131 Å². The normalized spacial score (nSPS) is 14.3. The van der Waals surface area contributed by atoms with E-state index in [2.05, 4.69) is 10.3 Å². The summed E-state index contributed by atoms with van der Waals surface area (Å²) < 4.78 is 40.7. The molecule has 0 aliphatic heterocycles. The molecule has 1 rings (SSSR count). The molecule has 6 nitrogen and oxygen atoms in total. The van der Waals surface area contributed by atoms with Crippen LogP contribution in [0.1, 0.15) is 44.3 Å². The molecule has 0 unspecified atom stereocenters. The minimum absolute atomic E-state index is 0.177. The van der Waals surface area contributed by atoms with Crippen molar-refractivity contribution < 1.29 is 27.9 Å². The van der Waals surface area contributed by atoms with Crippen molar-refractivity contribution in [2.75, 3.05) is 0 Å². The van der Waals surface area contributed by atoms with Crippen LogP contribution in [0, 0.1) is 0 Å². The van der Waals surface area contributed by atoms with Crippen LogP contribution in [0.3, 0.4) is 0 Å². The number of rotatable bonds is 8. The highest BCUT2D eigenvalue weighted by Gasteiger charge is 2.44. The van der Waals surface area contributed by atoms with Crippen LogP contribution in [0.2, 0.25) is 0 Å². The Hall–Kier alpha value is -2.06. The summed E-state index contributed by atoms with van der Waals surface area (Å²) in [5, 5.41) is 11.2. The fourth-order valence-corrected chi connectivity index (χ4v) is 2.17. The molecule has 0 fully saturated rings. The van der Waals surface area contributed by atoms with Gasteiger partial charge >= 0.3 is 12.1 Å². The highest BCUT2D eigenvalue weighted by molar-refractivity contribution is 5.83. The molecule has 0 aliphatic carbocycles. The van der Waals surface area contributed by atoms with E-state index in [4.69, 9.17) is 5.11 Å². The highest BCUT2D eigenvalue weighted by Crippen LogP contribution is 2.36. The Balaban J connectivity index is 2.82. The van der Waals surface area contributed by atoms with Gasteiger partial charge in [-0.3, -0.25) is 4.79 Å². The van der Waals surface area contributed by atoms with Gasteiger partial charge in [-0.2, -0.15) is 13.2 Å². The van der Waals surface area contributed by atoms with E-state index in [1.807, 2.05) is 6.92 Å². The van der Waals surface area contributed by atoms with Crippen molar-refractivity contribution in [3.63, 3.8) is 0 Å². The number of aromatic nitrogens is 2. The minimum atomic E-state index is -4.65. The van der Waals surface area contributed by atoms with E-state index >= 15 is 0 Å². The fraction of sp³-hybridized carbons (Fsp3) is 0.643. The van der Waals surface area contributed by atoms with Crippen LogP contribution < -0.4 is 5.32 Å². The number of unbranched alkanes of at least 4 members (excludes halogenated alkanes) is 1. The van der Waals surface area contributed by atoms with Crippen molar-refractivity contribution in [3.05, 3.63) is 18.2 Å². The van der Waals surface area contributed by atoms with E-state index in [9.17, 15) is 22.8 Å². The predicted octanol–water partition coefficient (Wildman–Crippen LogP) is 2.22. The maximum Gasteiger partial charge on any atom is 0.399 e. The van der Waals surface area contributed by atoms with E-state index in [0.29, 0.717) is 6.42 Å². The number of nitrogens with one attached hydrogen (secondary N) is 1. The molecule has 0 aliphatic rings. The number of aliphatic carboxylic acids is 1. The molecule has 130 valence electrons. The zero-order valence-electron chi connectivity index (χ0n) is 12.9. The number of aryl methyl sites for hydroxylation is 1. The van der Waals surface area contributed by atoms with Gasteiger partial charge in [0.05, 0.1) is 0 Å². The van der Waals surface area contributed by atoms with Gasteiger partial charge in [-0.15, -0.1) is 0 Å². The summed E-state index contributed by atoms with van der Waals surface area (Å²) in [6.07, 6.45) is -1.53. The molecular formula is C14H20F3N3O3. The SMILES string of the molecule is CCCC[C@@H](NC(=O)C[C@@H](c1nccn1C)C(F)(F)F)C(=O)O. The van der Waals surface area contributed by atoms with Crippen LogP contribution in [-0.4, -0.2) is 38.8 Å². The molecule has 0 radical (unpaired) electrons. The van der Waals surface area contributed by atoms with Crippen molar-refractivity contribution in [1.82, 2.24) is 14.9 Å². The minimum Gasteiger partial charge on any atom is -0.480 e. The molecule has 0 spiro atoms. The summed E-state index contributed by atoms with van der Waals surface area (Å²) in [7, 11) is 1.40. The number of carbonyl (C=O) groups excluding carboxylic acids is 1. The number of carbonyl (C=O) groups is 2. The van der Waals surface area contributed by atoms with Gasteiger partial charge < -0.3 is 15.0 Å². The summed E-state index contributed by atoms with van der Waals surface area (Å²) in [5.74, 6) is -4.58. The zero-order chi connectivity index (χ0) is 17.6. The van der Waals surface area contributed by atoms with Crippen LogP contribution in [0.5, 0.6) is 0 Å². The first kappa shape index (κ1) is 19.0. The third-order valence-electron chi connectivity index (χ3n) is 3.43. The number of carboxylic acids is 1. The molecule has 0 aromatic carbocycles. The number of hydrogen-bond donors (Lipinski definition) is 2. The first-order valence-electron chi connectivity index (χ1n) is 7.22. The van der Waals surface area contributed by atoms with Crippen LogP contribution in [0.15, 0.2) is 12.4 Å². The van der Waals surface area contributed by atoms with Gasteiger partial charge in [-0.05, 0) is 6.42 Å². The second-order valence-electron chi connectivity index (χ2n) is 5.30. The molecular weight excluding hydrogens is 315 g/mol. The molecule has 2 atom stereocenters. The summed E-state index contributed by atoms with van der Waals surface area (Å²) in [6, 6.07) is -1.18. The summed E-state index contributed by atoms with van der Waals surface area (Å²) in [6.45, 7) is 1.85. The monoisotopic (exact) mass is 335 g/mol. The largest absolute Gasteiger partial charge is 0.480 e. The topological polar surface area (TPSA) is 84.2 Å². The predicted molar refractivity (Wildman–Crippen MR) is 75.7 cm³/mol. The number of alkyl halides is 3. The Kier molecular flexibility index (Phi) is 6.59. The van der Waals surface area contributed by atoms with Crippen LogP contribution in [0.25, 0.3) is 0 Å². The number of imidazole rings is 1. The second kappa shape index (κ2) is 7.98. The number of amides is 1. The van der Waals surface area contributed by atoms with Crippen LogP contribution in [0.4, 0.5) is 13.2 Å². The molecule has 0 saturated carbocycles. The molecule has 9 heteroatoms. The lowest BCUT2D eigenvalue weighted by molar-refractivity contribution is -0.159. The molecule has 23 heavy (non-hydrogen) atoms. The van der Waals surface area contributed by atoms with Gasteiger partial charge in [0.25, 0.3) is 0 Å². The van der Waals surface area contributed by atoms with Gasteiger partial charge in [0.1, 0.15) is 17.8 Å². The standard InChI is InChI=1S/C14H20F3N3O3/c1-3-4-5-10(13(22)23)19-11(21)8-9(14(15,16)17)12-18-6-7-20(12)2/h6-7,9-10H,3-5,8H2,1-2H3,(H,19,21)(H,22,23)/t9-,10+/m0/s1. The molecule has 1 heterocycles. The van der Waals surface area contributed by atoms with Crippen LogP contribution >= 0.6 is 0 Å². The average Bonchev–Trinajstić information content (AvgIpc) is 2.85. The fourth-order valence-electron chi connectivity index (χ4n) is 2.17. The zero-order valence-corrected chi connectivity index (χ0v) is 12.9. The number of nitrogens with zero attached hydrogens (tertiary/aromatic N) is 2. The van der Waals surface area contributed by atoms with Crippen molar-refractivity contribution in [1.29, 1.82) is 0 Å². The molecule has 0 bridgehead atoms. The molecule has 1 aromatic heterocycles. The Morgan fingerprint density at radius 1 is 1.43 bits per heavy atom. The van der Waals surface area contributed by atoms with Crippen molar-refractivity contribution in [2.24, 2.45) is 7.05 Å². The third-order valence-corrected chi connectivity index (χ3v) is 3.43. The van der Waals surface area contributed by atoms with E-state index in [-0.39, 0.29) is 12.2 Å². The highest BCUT2D eigenvalue weighted by atomic mass is 19.4. The summed E-state index contributed by atoms with van der Waals surface area (Å²) in [5.41, 5.74) is 0. The Morgan fingerprint density at radius 3 is 2.52 bits per heavy atom. The van der Waals surface area contributed by atoms with Crippen molar-refractivity contribution >= 4 is 11.9 Å². The first-order valence-corrected chi connectivity index (χ1v) is 7.22. The maximum atomic E-state index is 13.2. The average molecular weight is 335 g/mol. The molecule has 2 N–H and O–H groups in total. The lowest BCUT2D eigenvalue weighted by Gasteiger charge is -2.21. The quantitative estimate of drug-likeness (QED) is 0.763. The van der Waals surface area contributed by atoms with Gasteiger partial charge in [0.2, 0.25) is 5.91 Å². The lowest BCUT2D eigenvalue weighted by atomic mass is 10.0. The molecule has 1 amide bonds. The van der Waals surface area contributed by atoms with E-state index in [1.54, 1.807) is 0 Å². The van der Waals surface area contributed by atoms with E-state index in [1.165, 1.54) is 24.0 Å². The molecule has 1 aromatic rings. The van der Waals surface area contributed by atoms with Crippen molar-refractivity contribution in [2.45, 2.75) is 50.7 Å².